The van der Waals surface area contributed by atoms with Crippen LogP contribution in [0, 0.1) is 0 Å². The molecule has 1 heterocycles. The molecule has 0 saturated heterocycles. The summed E-state index contributed by atoms with van der Waals surface area (Å²) >= 11 is 11.9. The van der Waals surface area contributed by atoms with Gasteiger partial charge in [0.2, 0.25) is 0 Å². The van der Waals surface area contributed by atoms with Gasteiger partial charge in [0.1, 0.15) is 29.6 Å². The van der Waals surface area contributed by atoms with Crippen LogP contribution >= 0.6 is 23.2 Å². The molecule has 138 valence electrons. The summed E-state index contributed by atoms with van der Waals surface area (Å²) in [5.41, 5.74) is 0.540. The van der Waals surface area contributed by atoms with Crippen molar-refractivity contribution in [1.29, 1.82) is 0 Å². The topological polar surface area (TPSA) is 48.7 Å². The van der Waals surface area contributed by atoms with Crippen LogP contribution in [0.5, 0.6) is 11.5 Å². The summed E-state index contributed by atoms with van der Waals surface area (Å²) in [5, 5.41) is 0.969. The number of methoxy groups -OCH3 is 1. The molecule has 3 rings (SSSR count). The van der Waals surface area contributed by atoms with Crippen LogP contribution in [0.1, 0.15) is 21.9 Å². The van der Waals surface area contributed by atoms with E-state index in [0.717, 1.165) is 0 Å². The molecule has 2 aromatic carbocycles. The van der Waals surface area contributed by atoms with Crippen LogP contribution in [0.15, 0.2) is 65.1 Å². The first-order chi connectivity index (χ1) is 13.0. The second kappa shape index (κ2) is 8.80. The molecule has 27 heavy (non-hydrogen) atoms. The third-order valence-corrected chi connectivity index (χ3v) is 4.23. The third-order valence-electron chi connectivity index (χ3n) is 3.70. The van der Waals surface area contributed by atoms with Gasteiger partial charge in [0.25, 0.3) is 0 Å². The maximum absolute atomic E-state index is 12.2. The average molecular weight is 403 g/mol. The Hall–Kier alpha value is -2.69. The fraction of sp³-hybridized carbons (Fsp3) is 0.0952. The lowest BCUT2D eigenvalue weighted by Crippen LogP contribution is -1.95. The van der Waals surface area contributed by atoms with E-state index in [1.165, 1.54) is 6.08 Å². The minimum Gasteiger partial charge on any atom is -0.497 e. The van der Waals surface area contributed by atoms with Gasteiger partial charge in [-0.15, -0.1) is 0 Å². The van der Waals surface area contributed by atoms with Crippen molar-refractivity contribution in [2.45, 2.75) is 6.61 Å². The van der Waals surface area contributed by atoms with E-state index in [-0.39, 0.29) is 12.4 Å². The van der Waals surface area contributed by atoms with Crippen LogP contribution in [0.2, 0.25) is 10.0 Å². The Morgan fingerprint density at radius 2 is 1.96 bits per heavy atom. The monoisotopic (exact) mass is 402 g/mol. The number of hydrogen-bond acceptors (Lipinski definition) is 4. The van der Waals surface area contributed by atoms with E-state index in [0.29, 0.717) is 38.6 Å². The van der Waals surface area contributed by atoms with Gasteiger partial charge in [-0.25, -0.2) is 0 Å². The first kappa shape index (κ1) is 19.1. The number of allylic oxidation sites excluding steroid dienone is 1. The van der Waals surface area contributed by atoms with Crippen molar-refractivity contribution in [2.24, 2.45) is 0 Å². The number of ether oxygens (including phenoxy) is 2. The number of carbonyl (C=O) groups is 1. The van der Waals surface area contributed by atoms with Gasteiger partial charge < -0.3 is 13.9 Å². The number of ketones is 1. The third kappa shape index (κ3) is 5.16. The van der Waals surface area contributed by atoms with Gasteiger partial charge in [-0.1, -0.05) is 35.3 Å². The normalized spacial score (nSPS) is 10.9. The molecule has 0 aliphatic carbocycles. The second-order valence-electron chi connectivity index (χ2n) is 5.60. The lowest BCUT2D eigenvalue weighted by Gasteiger charge is -2.06. The molecule has 0 spiro atoms. The molecule has 4 nitrogen and oxygen atoms in total. The summed E-state index contributed by atoms with van der Waals surface area (Å²) in [6.07, 6.45) is 3.06. The number of rotatable bonds is 7. The Kier molecular flexibility index (Phi) is 6.22. The van der Waals surface area contributed by atoms with Gasteiger partial charge in [0.15, 0.2) is 5.78 Å². The zero-order valence-electron chi connectivity index (χ0n) is 14.4. The molecule has 3 aromatic rings. The molecule has 0 aliphatic heterocycles. The molecule has 0 amide bonds. The summed E-state index contributed by atoms with van der Waals surface area (Å²) in [4.78, 5) is 12.2. The summed E-state index contributed by atoms with van der Waals surface area (Å²) in [5.74, 6) is 2.16. The molecule has 0 radical (unpaired) electrons. The molecule has 1 aromatic heterocycles. The van der Waals surface area contributed by atoms with E-state index in [1.54, 1.807) is 67.8 Å². The molecule has 0 unspecified atom stereocenters. The van der Waals surface area contributed by atoms with Gasteiger partial charge in [0, 0.05) is 10.6 Å². The highest BCUT2D eigenvalue weighted by Gasteiger charge is 2.07. The van der Waals surface area contributed by atoms with E-state index in [4.69, 9.17) is 37.1 Å². The van der Waals surface area contributed by atoms with Crippen molar-refractivity contribution in [3.8, 4) is 11.5 Å². The van der Waals surface area contributed by atoms with Crippen LogP contribution in [0.3, 0.4) is 0 Å². The second-order valence-corrected chi connectivity index (χ2v) is 6.44. The van der Waals surface area contributed by atoms with Crippen molar-refractivity contribution in [3.63, 3.8) is 0 Å². The van der Waals surface area contributed by atoms with Crippen LogP contribution < -0.4 is 9.47 Å². The Morgan fingerprint density at radius 1 is 1.11 bits per heavy atom. The predicted molar refractivity (Wildman–Crippen MR) is 106 cm³/mol. The van der Waals surface area contributed by atoms with Crippen LogP contribution in [0.4, 0.5) is 0 Å². The number of furan rings is 1. The summed E-state index contributed by atoms with van der Waals surface area (Å²) < 4.78 is 16.4. The molecular formula is C21H16Cl2O4. The van der Waals surface area contributed by atoms with Crippen molar-refractivity contribution in [1.82, 2.24) is 0 Å². The maximum atomic E-state index is 12.2. The smallest absolute Gasteiger partial charge is 0.186 e. The Morgan fingerprint density at radius 3 is 2.74 bits per heavy atom. The molecule has 0 aliphatic rings. The predicted octanol–water partition coefficient (Wildman–Crippen LogP) is 6.07. The summed E-state index contributed by atoms with van der Waals surface area (Å²) in [6, 6.07) is 15.5. The van der Waals surface area contributed by atoms with E-state index >= 15 is 0 Å². The first-order valence-electron chi connectivity index (χ1n) is 8.08. The van der Waals surface area contributed by atoms with Gasteiger partial charge in [-0.3, -0.25) is 4.79 Å². The maximum Gasteiger partial charge on any atom is 0.186 e. The first-order valence-corrected chi connectivity index (χ1v) is 8.84. The zero-order valence-corrected chi connectivity index (χ0v) is 16.0. The van der Waals surface area contributed by atoms with Crippen LogP contribution in [0.25, 0.3) is 6.08 Å². The highest BCUT2D eigenvalue weighted by molar-refractivity contribution is 6.35. The molecule has 0 bridgehead atoms. The average Bonchev–Trinajstić information content (AvgIpc) is 3.13. The van der Waals surface area contributed by atoms with Crippen LogP contribution in [-0.4, -0.2) is 12.9 Å². The SMILES string of the molecule is COc1cccc(C(=O)/C=C/c2ccc(COc3ccc(Cl)cc3Cl)o2)c1. The Balaban J connectivity index is 1.61. The fourth-order valence-electron chi connectivity index (χ4n) is 2.33. The lowest BCUT2D eigenvalue weighted by molar-refractivity contribution is 0.104. The van der Waals surface area contributed by atoms with Crippen molar-refractivity contribution in [3.05, 3.63) is 87.8 Å². The Bertz CT molecular complexity index is 976. The van der Waals surface area contributed by atoms with Gasteiger partial charge in [-0.05, 0) is 54.6 Å². The highest BCUT2D eigenvalue weighted by atomic mass is 35.5. The molecule has 6 heteroatoms. The van der Waals surface area contributed by atoms with E-state index in [9.17, 15) is 4.79 Å². The van der Waals surface area contributed by atoms with E-state index < -0.39 is 0 Å². The molecule has 0 saturated carbocycles. The fourth-order valence-corrected chi connectivity index (χ4v) is 2.80. The highest BCUT2D eigenvalue weighted by Crippen LogP contribution is 2.28. The quantitative estimate of drug-likeness (QED) is 0.355. The van der Waals surface area contributed by atoms with Gasteiger partial charge >= 0.3 is 0 Å². The number of halogens is 2. The molecule has 0 N–H and O–H groups in total. The molecule has 0 atom stereocenters. The van der Waals surface area contributed by atoms with Crippen molar-refractivity contribution >= 4 is 35.1 Å². The number of benzene rings is 2. The van der Waals surface area contributed by atoms with Gasteiger partial charge in [-0.2, -0.15) is 0 Å². The number of hydrogen-bond donors (Lipinski definition) is 0. The Labute approximate surface area is 166 Å². The largest absolute Gasteiger partial charge is 0.497 e. The summed E-state index contributed by atoms with van der Waals surface area (Å²) in [6.45, 7) is 0.207. The standard InChI is InChI=1S/C21H16Cl2O4/c1-25-17-4-2-3-14(11-17)20(24)9-8-16-6-7-18(27-16)13-26-21-10-5-15(22)12-19(21)23/h2-12H,13H2,1H3/b9-8+. The lowest BCUT2D eigenvalue weighted by atomic mass is 10.1. The molecular weight excluding hydrogens is 387 g/mol. The van der Waals surface area contributed by atoms with Gasteiger partial charge in [0.05, 0.1) is 12.1 Å². The van der Waals surface area contributed by atoms with E-state index in [1.807, 2.05) is 0 Å². The zero-order chi connectivity index (χ0) is 19.2. The van der Waals surface area contributed by atoms with Crippen molar-refractivity contribution in [2.75, 3.05) is 7.11 Å². The summed E-state index contributed by atoms with van der Waals surface area (Å²) in [7, 11) is 1.56. The number of carbonyl (C=O) groups excluding carboxylic acids is 1. The minimum absolute atomic E-state index is 0.143. The van der Waals surface area contributed by atoms with E-state index in [2.05, 4.69) is 0 Å². The minimum atomic E-state index is -0.143. The van der Waals surface area contributed by atoms with Crippen molar-refractivity contribution < 1.29 is 18.7 Å². The van der Waals surface area contributed by atoms with Crippen LogP contribution in [-0.2, 0) is 6.61 Å². The molecule has 0 fully saturated rings.